The number of methoxy groups -OCH3 is 1. The lowest BCUT2D eigenvalue weighted by atomic mass is 9.98. The SMILES string of the molecule is COC(=O)c1sc(C)c2ncn(Cc3ccc(-c4ccccc4-c4nnn[nH]4)cc3)c12. The minimum atomic E-state index is -0.335. The van der Waals surface area contributed by atoms with E-state index in [1.807, 2.05) is 35.8 Å². The number of fused-ring (bicyclic) bond motifs is 1. The number of aromatic nitrogens is 6. The van der Waals surface area contributed by atoms with Gasteiger partial charge in [-0.25, -0.2) is 14.9 Å². The second-order valence-electron chi connectivity index (χ2n) is 7.04. The molecule has 2 aromatic carbocycles. The van der Waals surface area contributed by atoms with E-state index >= 15 is 0 Å². The number of benzene rings is 2. The van der Waals surface area contributed by atoms with Crippen LogP contribution in [0.5, 0.6) is 0 Å². The van der Waals surface area contributed by atoms with Gasteiger partial charge in [-0.1, -0.05) is 48.5 Å². The van der Waals surface area contributed by atoms with Gasteiger partial charge in [-0.15, -0.1) is 16.4 Å². The zero-order valence-electron chi connectivity index (χ0n) is 16.9. The van der Waals surface area contributed by atoms with Gasteiger partial charge in [0, 0.05) is 17.0 Å². The number of hydrogen-bond donors (Lipinski definition) is 1. The van der Waals surface area contributed by atoms with Crippen molar-refractivity contribution < 1.29 is 9.53 Å². The lowest BCUT2D eigenvalue weighted by Crippen LogP contribution is -2.03. The number of rotatable bonds is 5. The average molecular weight is 430 g/mol. The van der Waals surface area contributed by atoms with E-state index in [-0.39, 0.29) is 5.97 Å². The molecule has 9 heteroatoms. The molecule has 5 aromatic rings. The van der Waals surface area contributed by atoms with Gasteiger partial charge in [0.05, 0.1) is 19.0 Å². The molecule has 0 saturated heterocycles. The molecule has 0 aliphatic rings. The predicted molar refractivity (Wildman–Crippen MR) is 118 cm³/mol. The summed E-state index contributed by atoms with van der Waals surface area (Å²) in [6.45, 7) is 2.57. The quantitative estimate of drug-likeness (QED) is 0.422. The van der Waals surface area contributed by atoms with Crippen LogP contribution >= 0.6 is 11.3 Å². The third-order valence-electron chi connectivity index (χ3n) is 5.16. The number of aryl methyl sites for hydroxylation is 1. The predicted octanol–water partition coefficient (Wildman–Crippen LogP) is 4.09. The van der Waals surface area contributed by atoms with Crippen LogP contribution in [-0.2, 0) is 11.3 Å². The summed E-state index contributed by atoms with van der Waals surface area (Å²) in [4.78, 5) is 18.3. The van der Waals surface area contributed by atoms with Crippen LogP contribution in [-0.4, -0.2) is 43.3 Å². The largest absolute Gasteiger partial charge is 0.465 e. The second-order valence-corrected chi connectivity index (χ2v) is 8.27. The number of aromatic amines is 1. The minimum absolute atomic E-state index is 0.335. The standard InChI is InChI=1S/C22H18N6O2S/c1-13-18-19(20(31-13)22(29)30-2)28(12-23-18)11-14-7-9-15(10-8-14)16-5-3-4-6-17(16)21-24-26-27-25-21/h3-10,12H,11H2,1-2H3,(H,24,25,26,27). The summed E-state index contributed by atoms with van der Waals surface area (Å²) in [5.74, 6) is 0.294. The van der Waals surface area contributed by atoms with Crippen molar-refractivity contribution >= 4 is 28.3 Å². The Kier molecular flexibility index (Phi) is 4.79. The Morgan fingerprint density at radius 3 is 2.61 bits per heavy atom. The van der Waals surface area contributed by atoms with E-state index in [1.165, 1.54) is 18.4 Å². The number of tetrazole rings is 1. The minimum Gasteiger partial charge on any atom is -0.465 e. The maximum Gasteiger partial charge on any atom is 0.350 e. The third-order valence-corrected chi connectivity index (χ3v) is 6.22. The van der Waals surface area contributed by atoms with Gasteiger partial charge in [0.1, 0.15) is 10.4 Å². The topological polar surface area (TPSA) is 98.6 Å². The van der Waals surface area contributed by atoms with Crippen LogP contribution < -0.4 is 0 Å². The Hall–Kier alpha value is -3.85. The molecule has 3 aromatic heterocycles. The number of nitrogens with one attached hydrogen (secondary N) is 1. The number of thiophene rings is 1. The number of H-pyrrole nitrogens is 1. The molecule has 0 amide bonds. The van der Waals surface area contributed by atoms with Crippen LogP contribution in [0, 0.1) is 6.92 Å². The highest BCUT2D eigenvalue weighted by Gasteiger charge is 2.20. The lowest BCUT2D eigenvalue weighted by molar-refractivity contribution is 0.0608. The Morgan fingerprint density at radius 1 is 1.13 bits per heavy atom. The monoisotopic (exact) mass is 430 g/mol. The molecule has 31 heavy (non-hydrogen) atoms. The number of carbonyl (C=O) groups is 1. The zero-order valence-corrected chi connectivity index (χ0v) is 17.7. The molecule has 0 unspecified atom stereocenters. The van der Waals surface area contributed by atoms with E-state index in [0.29, 0.717) is 17.2 Å². The van der Waals surface area contributed by atoms with Gasteiger partial charge in [-0.3, -0.25) is 0 Å². The Morgan fingerprint density at radius 2 is 1.90 bits per heavy atom. The first-order chi connectivity index (χ1) is 15.2. The van der Waals surface area contributed by atoms with Crippen LogP contribution in [0.3, 0.4) is 0 Å². The van der Waals surface area contributed by atoms with Gasteiger partial charge < -0.3 is 9.30 Å². The molecular formula is C22H18N6O2S. The van der Waals surface area contributed by atoms with Gasteiger partial charge in [0.25, 0.3) is 0 Å². The number of ether oxygens (including phenoxy) is 1. The fraction of sp³-hybridized carbons (Fsp3) is 0.136. The molecule has 3 heterocycles. The molecule has 0 bridgehead atoms. The van der Waals surface area contributed by atoms with E-state index in [4.69, 9.17) is 4.74 Å². The first kappa shape index (κ1) is 19.1. The van der Waals surface area contributed by atoms with E-state index in [2.05, 4.69) is 49.9 Å². The van der Waals surface area contributed by atoms with Crippen LogP contribution in [0.4, 0.5) is 0 Å². The Balaban J connectivity index is 1.47. The maximum absolute atomic E-state index is 12.2. The number of nitrogens with zero attached hydrogens (tertiary/aromatic N) is 5. The van der Waals surface area contributed by atoms with Crippen molar-refractivity contribution in [1.29, 1.82) is 0 Å². The van der Waals surface area contributed by atoms with Gasteiger partial charge in [0.15, 0.2) is 5.82 Å². The smallest absolute Gasteiger partial charge is 0.350 e. The third kappa shape index (κ3) is 3.38. The van der Waals surface area contributed by atoms with Crippen molar-refractivity contribution in [2.24, 2.45) is 0 Å². The van der Waals surface area contributed by atoms with E-state index in [9.17, 15) is 4.79 Å². The van der Waals surface area contributed by atoms with E-state index < -0.39 is 0 Å². The van der Waals surface area contributed by atoms with Crippen molar-refractivity contribution in [3.63, 3.8) is 0 Å². The summed E-state index contributed by atoms with van der Waals surface area (Å²) in [6, 6.07) is 16.3. The summed E-state index contributed by atoms with van der Waals surface area (Å²) < 4.78 is 6.95. The number of carbonyl (C=O) groups excluding carboxylic acids is 1. The van der Waals surface area contributed by atoms with Gasteiger partial charge in [-0.2, -0.15) is 0 Å². The first-order valence-corrected chi connectivity index (χ1v) is 10.4. The first-order valence-electron chi connectivity index (χ1n) is 9.60. The molecule has 0 spiro atoms. The summed E-state index contributed by atoms with van der Waals surface area (Å²) in [7, 11) is 1.40. The summed E-state index contributed by atoms with van der Waals surface area (Å²) in [5.41, 5.74) is 5.81. The second kappa shape index (κ2) is 7.77. The fourth-order valence-corrected chi connectivity index (χ4v) is 4.71. The Bertz CT molecular complexity index is 1370. The van der Waals surface area contributed by atoms with Gasteiger partial charge in [0.2, 0.25) is 0 Å². The molecule has 8 nitrogen and oxygen atoms in total. The van der Waals surface area contributed by atoms with E-state index in [0.717, 1.165) is 38.2 Å². The normalized spacial score (nSPS) is 11.2. The van der Waals surface area contributed by atoms with Crippen molar-refractivity contribution in [2.45, 2.75) is 13.5 Å². The highest BCUT2D eigenvalue weighted by molar-refractivity contribution is 7.15. The van der Waals surface area contributed by atoms with Crippen LogP contribution in [0.2, 0.25) is 0 Å². The molecule has 154 valence electrons. The highest BCUT2D eigenvalue weighted by atomic mass is 32.1. The van der Waals surface area contributed by atoms with Crippen LogP contribution in [0.25, 0.3) is 33.5 Å². The lowest BCUT2D eigenvalue weighted by Gasteiger charge is -2.09. The molecule has 0 aliphatic heterocycles. The number of imidazole rings is 1. The zero-order chi connectivity index (χ0) is 21.4. The number of esters is 1. The highest BCUT2D eigenvalue weighted by Crippen LogP contribution is 2.32. The molecule has 0 aliphatic carbocycles. The summed E-state index contributed by atoms with van der Waals surface area (Å²) in [6.07, 6.45) is 1.77. The molecule has 0 radical (unpaired) electrons. The molecule has 1 N–H and O–H groups in total. The molecule has 0 atom stereocenters. The molecule has 0 saturated carbocycles. The van der Waals surface area contributed by atoms with Gasteiger partial charge in [-0.05, 0) is 34.0 Å². The number of hydrogen-bond acceptors (Lipinski definition) is 7. The fourth-order valence-electron chi connectivity index (χ4n) is 3.68. The van der Waals surface area contributed by atoms with Gasteiger partial charge >= 0.3 is 5.97 Å². The molecule has 0 fully saturated rings. The molecule has 5 rings (SSSR count). The van der Waals surface area contributed by atoms with Crippen LogP contribution in [0.1, 0.15) is 20.1 Å². The van der Waals surface area contributed by atoms with Crippen molar-refractivity contribution in [1.82, 2.24) is 30.2 Å². The van der Waals surface area contributed by atoms with Crippen molar-refractivity contribution in [3.8, 4) is 22.5 Å². The van der Waals surface area contributed by atoms with Crippen LogP contribution in [0.15, 0.2) is 54.9 Å². The maximum atomic E-state index is 12.2. The average Bonchev–Trinajstić information content (AvgIpc) is 3.54. The Labute approximate surface area is 181 Å². The summed E-state index contributed by atoms with van der Waals surface area (Å²) in [5, 5.41) is 14.2. The van der Waals surface area contributed by atoms with Crippen molar-refractivity contribution in [3.05, 3.63) is 70.2 Å². The van der Waals surface area contributed by atoms with E-state index in [1.54, 1.807) is 6.33 Å². The van der Waals surface area contributed by atoms with Crippen molar-refractivity contribution in [2.75, 3.05) is 7.11 Å². The summed E-state index contributed by atoms with van der Waals surface area (Å²) >= 11 is 1.41. The molecular weight excluding hydrogens is 412 g/mol.